The van der Waals surface area contributed by atoms with Crippen LogP contribution in [-0.2, 0) is 9.53 Å². The van der Waals surface area contributed by atoms with E-state index in [4.69, 9.17) is 4.74 Å². The number of hydrogen-bond donors (Lipinski definition) is 2. The van der Waals surface area contributed by atoms with E-state index in [2.05, 4.69) is 10.6 Å². The molecule has 0 aliphatic carbocycles. The fourth-order valence-electron chi connectivity index (χ4n) is 3.39. The van der Waals surface area contributed by atoms with Crippen LogP contribution in [0.1, 0.15) is 30.3 Å². The van der Waals surface area contributed by atoms with Crippen LogP contribution in [0.25, 0.3) is 0 Å². The highest BCUT2D eigenvalue weighted by Gasteiger charge is 2.37. The van der Waals surface area contributed by atoms with Gasteiger partial charge in [0, 0.05) is 17.8 Å². The fraction of sp³-hybridized carbons (Fsp3) is 0.211. The van der Waals surface area contributed by atoms with Gasteiger partial charge in [0.15, 0.2) is 0 Å². The number of ether oxygens (including phenoxy) is 1. The minimum absolute atomic E-state index is 0.117. The molecule has 0 radical (unpaired) electrons. The molecule has 0 fully saturated rings. The molecule has 0 unspecified atom stereocenters. The van der Waals surface area contributed by atoms with Crippen molar-refractivity contribution in [3.8, 4) is 0 Å². The number of nitrogens with zero attached hydrogens (tertiary/aromatic N) is 2. The molecule has 2 atom stereocenters. The van der Waals surface area contributed by atoms with Gasteiger partial charge in [-0.15, -0.1) is 0 Å². The lowest BCUT2D eigenvalue weighted by molar-refractivity contribution is -0.386. The van der Waals surface area contributed by atoms with Gasteiger partial charge in [0.1, 0.15) is 6.17 Å². The molecule has 1 heterocycles. The van der Waals surface area contributed by atoms with Crippen molar-refractivity contribution in [3.05, 3.63) is 91.2 Å². The first kappa shape index (κ1) is 20.0. The molecular weight excluding hydrogens is 380 g/mol. The number of carbonyl (C=O) groups excluding carboxylic acids is 1. The number of rotatable bonds is 5. The van der Waals surface area contributed by atoms with Gasteiger partial charge in [-0.05, 0) is 13.0 Å². The number of hydrogen-bond acceptors (Lipinski definition) is 8. The van der Waals surface area contributed by atoms with Gasteiger partial charge in [-0.3, -0.25) is 25.5 Å². The Balaban J connectivity index is 2.16. The van der Waals surface area contributed by atoms with E-state index in [1.54, 1.807) is 31.2 Å². The van der Waals surface area contributed by atoms with Crippen LogP contribution in [0.5, 0.6) is 0 Å². The first-order chi connectivity index (χ1) is 13.8. The first-order valence-electron chi connectivity index (χ1n) is 8.63. The molecule has 0 bridgehead atoms. The van der Waals surface area contributed by atoms with Gasteiger partial charge in [0.2, 0.25) is 0 Å². The Morgan fingerprint density at radius 3 is 2.03 bits per heavy atom. The molecule has 2 N–H and O–H groups in total. The summed E-state index contributed by atoms with van der Waals surface area (Å²) in [7, 11) is 1.22. The third-order valence-electron chi connectivity index (χ3n) is 4.68. The van der Waals surface area contributed by atoms with Crippen molar-refractivity contribution < 1.29 is 19.4 Å². The maximum absolute atomic E-state index is 12.4. The zero-order valence-electron chi connectivity index (χ0n) is 15.6. The van der Waals surface area contributed by atoms with Crippen LogP contribution in [0.15, 0.2) is 59.8 Å². The number of allylic oxidation sites excluding steroid dienone is 1. The summed E-state index contributed by atoms with van der Waals surface area (Å²) in [4.78, 5) is 34.3. The summed E-state index contributed by atoms with van der Waals surface area (Å²) < 4.78 is 4.86. The monoisotopic (exact) mass is 398 g/mol. The molecule has 1 aliphatic rings. The molecular formula is C19H18N4O6. The fourth-order valence-corrected chi connectivity index (χ4v) is 3.39. The molecule has 0 spiro atoms. The summed E-state index contributed by atoms with van der Waals surface area (Å²) in [6, 6.07) is 11.3. The van der Waals surface area contributed by atoms with Crippen molar-refractivity contribution in [2.75, 3.05) is 7.11 Å². The smallest absolute Gasteiger partial charge is 0.337 e. The summed E-state index contributed by atoms with van der Waals surface area (Å²) >= 11 is 0. The van der Waals surface area contributed by atoms with Crippen molar-refractivity contribution in [1.82, 2.24) is 10.6 Å². The van der Waals surface area contributed by atoms with Crippen molar-refractivity contribution in [2.24, 2.45) is 0 Å². The average molecular weight is 398 g/mol. The highest BCUT2D eigenvalue weighted by Crippen LogP contribution is 2.37. The van der Waals surface area contributed by atoms with E-state index in [1.165, 1.54) is 31.4 Å². The lowest BCUT2D eigenvalue weighted by Crippen LogP contribution is -2.44. The average Bonchev–Trinajstić information content (AvgIpc) is 2.72. The standard InChI is InChI=1S/C19H18N4O6/c1-11-16(19(24)29-2)17(12-7-3-5-9-14(12)22(25)26)21-18(20-11)13-8-4-6-10-15(13)23(27)28/h3-10,17-18,20-21H,1-2H3/t17-,18-/m0/s1. The summed E-state index contributed by atoms with van der Waals surface area (Å²) in [6.45, 7) is 1.62. The van der Waals surface area contributed by atoms with Crippen molar-refractivity contribution in [2.45, 2.75) is 19.1 Å². The molecule has 10 heteroatoms. The summed E-state index contributed by atoms with van der Waals surface area (Å²) in [5.74, 6) is -0.660. The Bertz CT molecular complexity index is 1020. The molecule has 0 aromatic heterocycles. The SMILES string of the molecule is COC(=O)C1=C(C)N[C@H](c2ccccc2[N+](=O)[O-])N[C@H]1c1ccccc1[N+](=O)[O-]. The number of nitrogens with one attached hydrogen (secondary N) is 2. The zero-order chi connectivity index (χ0) is 21.1. The molecule has 0 saturated heterocycles. The van der Waals surface area contributed by atoms with Crippen LogP contribution in [0.4, 0.5) is 11.4 Å². The van der Waals surface area contributed by atoms with Crippen LogP contribution >= 0.6 is 0 Å². The van der Waals surface area contributed by atoms with Crippen LogP contribution in [-0.4, -0.2) is 22.9 Å². The summed E-state index contributed by atoms with van der Waals surface area (Å²) in [5, 5.41) is 29.1. The second-order valence-electron chi connectivity index (χ2n) is 6.34. The van der Waals surface area contributed by atoms with Gasteiger partial charge in [-0.25, -0.2) is 4.79 Å². The predicted molar refractivity (Wildman–Crippen MR) is 103 cm³/mol. The number of para-hydroxylation sites is 2. The maximum atomic E-state index is 12.4. The largest absolute Gasteiger partial charge is 0.466 e. The van der Waals surface area contributed by atoms with E-state index in [9.17, 15) is 25.0 Å². The predicted octanol–water partition coefficient (Wildman–Crippen LogP) is 2.88. The van der Waals surface area contributed by atoms with Gasteiger partial charge in [0.25, 0.3) is 11.4 Å². The first-order valence-corrected chi connectivity index (χ1v) is 8.63. The van der Waals surface area contributed by atoms with E-state index in [0.29, 0.717) is 11.3 Å². The number of methoxy groups -OCH3 is 1. The topological polar surface area (TPSA) is 137 Å². The number of nitro benzene ring substituents is 2. The van der Waals surface area contributed by atoms with Gasteiger partial charge >= 0.3 is 5.97 Å². The Hall–Kier alpha value is -3.79. The molecule has 150 valence electrons. The minimum Gasteiger partial charge on any atom is -0.466 e. The molecule has 0 amide bonds. The molecule has 2 aromatic carbocycles. The van der Waals surface area contributed by atoms with Crippen LogP contribution < -0.4 is 10.6 Å². The van der Waals surface area contributed by atoms with Crippen LogP contribution in [0, 0.1) is 20.2 Å². The Labute approximate surface area is 165 Å². The van der Waals surface area contributed by atoms with Gasteiger partial charge in [-0.2, -0.15) is 0 Å². The van der Waals surface area contributed by atoms with E-state index in [-0.39, 0.29) is 22.5 Å². The molecule has 0 saturated carbocycles. The number of carbonyl (C=O) groups is 1. The summed E-state index contributed by atoms with van der Waals surface area (Å²) in [5.41, 5.74) is 0.862. The third kappa shape index (κ3) is 3.78. The number of benzene rings is 2. The number of nitro groups is 2. The third-order valence-corrected chi connectivity index (χ3v) is 4.68. The van der Waals surface area contributed by atoms with E-state index < -0.39 is 28.0 Å². The highest BCUT2D eigenvalue weighted by molar-refractivity contribution is 5.91. The van der Waals surface area contributed by atoms with Crippen LogP contribution in [0.2, 0.25) is 0 Å². The van der Waals surface area contributed by atoms with Crippen molar-refractivity contribution >= 4 is 17.3 Å². The lowest BCUT2D eigenvalue weighted by atomic mass is 9.92. The molecule has 10 nitrogen and oxygen atoms in total. The quantitative estimate of drug-likeness (QED) is 0.446. The normalized spacial score (nSPS) is 18.7. The van der Waals surface area contributed by atoms with Crippen LogP contribution in [0.3, 0.4) is 0 Å². The van der Waals surface area contributed by atoms with Gasteiger partial charge < -0.3 is 10.1 Å². The molecule has 2 aromatic rings. The molecule has 1 aliphatic heterocycles. The van der Waals surface area contributed by atoms with E-state index in [0.717, 1.165) is 0 Å². The maximum Gasteiger partial charge on any atom is 0.337 e. The Morgan fingerprint density at radius 1 is 0.966 bits per heavy atom. The second kappa shape index (κ2) is 8.07. The summed E-state index contributed by atoms with van der Waals surface area (Å²) in [6.07, 6.45) is -0.755. The van der Waals surface area contributed by atoms with E-state index >= 15 is 0 Å². The Morgan fingerprint density at radius 2 is 1.48 bits per heavy atom. The second-order valence-corrected chi connectivity index (χ2v) is 6.34. The highest BCUT2D eigenvalue weighted by atomic mass is 16.6. The molecule has 3 rings (SSSR count). The van der Waals surface area contributed by atoms with Gasteiger partial charge in [-0.1, -0.05) is 30.3 Å². The van der Waals surface area contributed by atoms with Crippen molar-refractivity contribution in [1.29, 1.82) is 0 Å². The molecule has 29 heavy (non-hydrogen) atoms. The number of esters is 1. The Kier molecular flexibility index (Phi) is 5.55. The van der Waals surface area contributed by atoms with Crippen molar-refractivity contribution in [3.63, 3.8) is 0 Å². The lowest BCUT2D eigenvalue weighted by Gasteiger charge is -2.34. The van der Waals surface area contributed by atoms with E-state index in [1.807, 2.05) is 0 Å². The zero-order valence-corrected chi connectivity index (χ0v) is 15.6. The minimum atomic E-state index is -0.907. The van der Waals surface area contributed by atoms with Gasteiger partial charge in [0.05, 0.1) is 39.7 Å².